The highest BCUT2D eigenvalue weighted by Gasteiger charge is 2.25. The Labute approximate surface area is 139 Å². The zero-order valence-electron chi connectivity index (χ0n) is 13.5. The zero-order chi connectivity index (χ0) is 16.4. The summed E-state index contributed by atoms with van der Waals surface area (Å²) in [5.74, 6) is 0.481. The number of anilines is 1. The van der Waals surface area contributed by atoms with Gasteiger partial charge < -0.3 is 4.90 Å². The minimum Gasteiger partial charge on any atom is -0.311 e. The second kappa shape index (κ2) is 6.67. The van der Waals surface area contributed by atoms with Crippen LogP contribution in [0.2, 0.25) is 0 Å². The minimum atomic E-state index is -1.18. The number of hydrogen-bond donors (Lipinski definition) is 0. The van der Waals surface area contributed by atoms with Crippen LogP contribution in [-0.4, -0.2) is 22.4 Å². The highest BCUT2D eigenvalue weighted by molar-refractivity contribution is 7.85. The normalized spacial score (nSPS) is 14.6. The average molecular weight is 327 g/mol. The van der Waals surface area contributed by atoms with Gasteiger partial charge in [-0.3, -0.25) is 9.00 Å². The van der Waals surface area contributed by atoms with E-state index in [4.69, 9.17) is 0 Å². The number of carbonyl (C=O) groups is 1. The Morgan fingerprint density at radius 2 is 1.96 bits per heavy atom. The van der Waals surface area contributed by atoms with Crippen molar-refractivity contribution in [3.8, 4) is 0 Å². The molecule has 0 bridgehead atoms. The molecule has 120 valence electrons. The molecule has 0 N–H and O–H groups in total. The second-order valence-electron chi connectivity index (χ2n) is 6.08. The number of benzene rings is 2. The fourth-order valence-electron chi connectivity index (χ4n) is 2.99. The maximum absolute atomic E-state index is 12.5. The molecule has 2 aromatic carbocycles. The summed E-state index contributed by atoms with van der Waals surface area (Å²) < 4.78 is 12.4. The van der Waals surface area contributed by atoms with E-state index in [1.165, 1.54) is 5.56 Å². The first-order valence-corrected chi connectivity index (χ1v) is 9.33. The fraction of sp³-hybridized carbons (Fsp3) is 0.316. The number of nitrogens with zero attached hydrogens (tertiary/aromatic N) is 1. The fourth-order valence-corrected chi connectivity index (χ4v) is 4.18. The van der Waals surface area contributed by atoms with Gasteiger partial charge in [0.15, 0.2) is 0 Å². The number of carbonyl (C=O) groups excluding carboxylic acids is 1. The lowest BCUT2D eigenvalue weighted by Crippen LogP contribution is -2.33. The van der Waals surface area contributed by atoms with E-state index in [9.17, 15) is 9.00 Å². The highest BCUT2D eigenvalue weighted by atomic mass is 32.2. The molecule has 0 aliphatic carbocycles. The average Bonchev–Trinajstić information content (AvgIpc) is 2.95. The molecule has 0 fully saturated rings. The standard InChI is InChI=1S/C19H21NO2S/c1-14-7-8-15(2)17(11-14)12-23(22)13-19(21)20-10-9-16-5-3-4-6-18(16)20/h3-8,11H,9-10,12-13H2,1-2H3/t23-/m0/s1. The van der Waals surface area contributed by atoms with Gasteiger partial charge in [-0.25, -0.2) is 0 Å². The van der Waals surface area contributed by atoms with Crippen LogP contribution < -0.4 is 4.90 Å². The van der Waals surface area contributed by atoms with Crippen LogP contribution in [0.15, 0.2) is 42.5 Å². The van der Waals surface area contributed by atoms with Gasteiger partial charge in [-0.15, -0.1) is 0 Å². The number of hydrogen-bond acceptors (Lipinski definition) is 2. The van der Waals surface area contributed by atoms with Crippen molar-refractivity contribution in [1.82, 2.24) is 0 Å². The zero-order valence-corrected chi connectivity index (χ0v) is 14.4. The van der Waals surface area contributed by atoms with E-state index in [0.29, 0.717) is 12.3 Å². The summed E-state index contributed by atoms with van der Waals surface area (Å²) in [5.41, 5.74) is 5.52. The van der Waals surface area contributed by atoms with Gasteiger partial charge in [0.2, 0.25) is 5.91 Å². The lowest BCUT2D eigenvalue weighted by atomic mass is 10.1. The van der Waals surface area contributed by atoms with Gasteiger partial charge in [0.25, 0.3) is 0 Å². The predicted octanol–water partition coefficient (Wildman–Crippen LogP) is 3.14. The molecule has 2 aromatic rings. The highest BCUT2D eigenvalue weighted by Crippen LogP contribution is 2.27. The molecule has 3 rings (SSSR count). The molecule has 0 saturated carbocycles. The summed E-state index contributed by atoms with van der Waals surface area (Å²) in [6.45, 7) is 4.74. The van der Waals surface area contributed by atoms with Gasteiger partial charge in [0, 0.05) is 28.8 Å². The third-order valence-corrected chi connectivity index (χ3v) is 5.50. The predicted molar refractivity (Wildman–Crippen MR) is 95.1 cm³/mol. The van der Waals surface area contributed by atoms with Crippen molar-refractivity contribution < 1.29 is 9.00 Å². The third kappa shape index (κ3) is 3.53. The largest absolute Gasteiger partial charge is 0.311 e. The van der Waals surface area contributed by atoms with Gasteiger partial charge in [0.1, 0.15) is 5.75 Å². The molecule has 3 nitrogen and oxygen atoms in total. The van der Waals surface area contributed by atoms with Gasteiger partial charge in [-0.1, -0.05) is 42.0 Å². The summed E-state index contributed by atoms with van der Waals surface area (Å²) >= 11 is 0. The number of amides is 1. The molecule has 1 atom stereocenters. The summed E-state index contributed by atoms with van der Waals surface area (Å²) in [6, 6.07) is 14.1. The van der Waals surface area contributed by atoms with E-state index in [1.807, 2.05) is 44.2 Å². The van der Waals surface area contributed by atoms with Crippen molar-refractivity contribution in [2.75, 3.05) is 17.2 Å². The Morgan fingerprint density at radius 3 is 2.78 bits per heavy atom. The first-order valence-electron chi connectivity index (χ1n) is 7.84. The molecule has 0 saturated heterocycles. The Morgan fingerprint density at radius 1 is 1.17 bits per heavy atom. The molecular formula is C19H21NO2S. The van der Waals surface area contributed by atoms with Crippen molar-refractivity contribution in [3.63, 3.8) is 0 Å². The Balaban J connectivity index is 1.67. The number of fused-ring (bicyclic) bond motifs is 1. The molecule has 0 radical (unpaired) electrons. The maximum Gasteiger partial charge on any atom is 0.239 e. The maximum atomic E-state index is 12.5. The first kappa shape index (κ1) is 15.9. The quantitative estimate of drug-likeness (QED) is 0.865. The molecule has 1 amide bonds. The van der Waals surface area contributed by atoms with E-state index < -0.39 is 10.8 Å². The molecule has 4 heteroatoms. The first-order chi connectivity index (χ1) is 11.0. The van der Waals surface area contributed by atoms with Crippen LogP contribution in [0, 0.1) is 13.8 Å². The molecule has 0 spiro atoms. The Kier molecular flexibility index (Phi) is 4.62. The molecular weight excluding hydrogens is 306 g/mol. The van der Waals surface area contributed by atoms with Crippen LogP contribution in [-0.2, 0) is 27.8 Å². The van der Waals surface area contributed by atoms with E-state index in [1.54, 1.807) is 4.90 Å². The van der Waals surface area contributed by atoms with E-state index in [-0.39, 0.29) is 11.7 Å². The van der Waals surface area contributed by atoms with Crippen LogP contribution in [0.25, 0.3) is 0 Å². The Bertz CT molecular complexity index is 770. The van der Waals surface area contributed by atoms with Crippen LogP contribution in [0.1, 0.15) is 22.3 Å². The van der Waals surface area contributed by atoms with E-state index in [0.717, 1.165) is 28.8 Å². The molecule has 1 heterocycles. The summed E-state index contributed by atoms with van der Waals surface area (Å²) in [7, 11) is -1.18. The lowest BCUT2D eigenvalue weighted by molar-refractivity contribution is -0.116. The summed E-state index contributed by atoms with van der Waals surface area (Å²) in [6.07, 6.45) is 0.880. The summed E-state index contributed by atoms with van der Waals surface area (Å²) in [4.78, 5) is 14.3. The molecule has 0 unspecified atom stereocenters. The van der Waals surface area contributed by atoms with Gasteiger partial charge in [-0.2, -0.15) is 0 Å². The monoisotopic (exact) mass is 327 g/mol. The van der Waals surface area contributed by atoms with Crippen LogP contribution in [0.3, 0.4) is 0 Å². The van der Waals surface area contributed by atoms with Crippen LogP contribution >= 0.6 is 0 Å². The smallest absolute Gasteiger partial charge is 0.239 e. The number of aryl methyl sites for hydroxylation is 2. The van der Waals surface area contributed by atoms with Crippen molar-refractivity contribution in [2.24, 2.45) is 0 Å². The van der Waals surface area contributed by atoms with Gasteiger partial charge in [0.05, 0.1) is 0 Å². The van der Waals surface area contributed by atoms with Crippen molar-refractivity contribution in [2.45, 2.75) is 26.0 Å². The summed E-state index contributed by atoms with van der Waals surface area (Å²) in [5, 5.41) is 0. The van der Waals surface area contributed by atoms with E-state index in [2.05, 4.69) is 12.1 Å². The molecule has 0 aromatic heterocycles. The van der Waals surface area contributed by atoms with Crippen molar-refractivity contribution in [3.05, 3.63) is 64.7 Å². The van der Waals surface area contributed by atoms with Crippen LogP contribution in [0.5, 0.6) is 0 Å². The van der Waals surface area contributed by atoms with Gasteiger partial charge >= 0.3 is 0 Å². The second-order valence-corrected chi connectivity index (χ2v) is 7.54. The van der Waals surface area contributed by atoms with Crippen molar-refractivity contribution in [1.29, 1.82) is 0 Å². The Hall–Kier alpha value is -1.94. The van der Waals surface area contributed by atoms with Crippen LogP contribution in [0.4, 0.5) is 5.69 Å². The topological polar surface area (TPSA) is 37.4 Å². The van der Waals surface area contributed by atoms with Gasteiger partial charge in [-0.05, 0) is 43.0 Å². The number of rotatable bonds is 4. The molecule has 1 aliphatic heterocycles. The molecule has 23 heavy (non-hydrogen) atoms. The SMILES string of the molecule is Cc1ccc(C)c(C[S@](=O)CC(=O)N2CCc3ccccc32)c1. The van der Waals surface area contributed by atoms with E-state index >= 15 is 0 Å². The minimum absolute atomic E-state index is 0.0430. The lowest BCUT2D eigenvalue weighted by Gasteiger charge is -2.17. The van der Waals surface area contributed by atoms with Crippen molar-refractivity contribution >= 4 is 22.4 Å². The molecule has 1 aliphatic rings. The number of para-hydroxylation sites is 1. The third-order valence-electron chi connectivity index (χ3n) is 4.29.